The second kappa shape index (κ2) is 6.83. The van der Waals surface area contributed by atoms with Gasteiger partial charge in [0.05, 0.1) is 11.6 Å². The predicted molar refractivity (Wildman–Crippen MR) is 82.5 cm³/mol. The van der Waals surface area contributed by atoms with Crippen molar-refractivity contribution in [1.29, 1.82) is 0 Å². The minimum atomic E-state index is 0.260. The lowest BCUT2D eigenvalue weighted by molar-refractivity contribution is 0.412. The Morgan fingerprint density at radius 3 is 2.94 bits per heavy atom. The summed E-state index contributed by atoms with van der Waals surface area (Å²) in [5.74, 6) is 2.14. The van der Waals surface area contributed by atoms with E-state index in [1.807, 2.05) is 17.8 Å². The van der Waals surface area contributed by atoms with Crippen molar-refractivity contribution in [3.8, 4) is 5.75 Å². The molecular formula is C14H20BrNOS. The molecule has 2 N–H and O–H groups in total. The van der Waals surface area contributed by atoms with Gasteiger partial charge in [0.2, 0.25) is 0 Å². The standard InChI is InChI=1S/C14H20BrNOS/c1-17-13-6-5-10(8-11(13)15)9-12(16)14-4-2-3-7-18-14/h5-6,8,12,14H,2-4,7,9,16H2,1H3. The number of nitrogens with two attached hydrogens (primary N) is 1. The lowest BCUT2D eigenvalue weighted by Crippen LogP contribution is -2.36. The van der Waals surface area contributed by atoms with Gasteiger partial charge in [-0.1, -0.05) is 12.5 Å². The molecule has 18 heavy (non-hydrogen) atoms. The van der Waals surface area contributed by atoms with Crippen LogP contribution in [-0.2, 0) is 6.42 Å². The normalized spacial score (nSPS) is 21.6. The van der Waals surface area contributed by atoms with Crippen LogP contribution >= 0.6 is 27.7 Å². The molecule has 2 nitrogen and oxygen atoms in total. The molecule has 1 aliphatic heterocycles. The van der Waals surface area contributed by atoms with E-state index >= 15 is 0 Å². The molecule has 1 aromatic rings. The molecule has 2 atom stereocenters. The Balaban J connectivity index is 1.97. The summed E-state index contributed by atoms with van der Waals surface area (Å²) in [7, 11) is 1.68. The highest BCUT2D eigenvalue weighted by Gasteiger charge is 2.21. The number of benzene rings is 1. The third kappa shape index (κ3) is 3.65. The maximum atomic E-state index is 6.33. The summed E-state index contributed by atoms with van der Waals surface area (Å²) in [4.78, 5) is 0. The van der Waals surface area contributed by atoms with Crippen LogP contribution in [0.4, 0.5) is 0 Å². The van der Waals surface area contributed by atoms with Crippen LogP contribution in [-0.4, -0.2) is 24.2 Å². The van der Waals surface area contributed by atoms with Crippen LogP contribution in [0.5, 0.6) is 5.75 Å². The molecule has 1 saturated heterocycles. The topological polar surface area (TPSA) is 35.2 Å². The summed E-state index contributed by atoms with van der Waals surface area (Å²) < 4.78 is 6.24. The van der Waals surface area contributed by atoms with Gasteiger partial charge < -0.3 is 10.5 Å². The molecular weight excluding hydrogens is 310 g/mol. The largest absolute Gasteiger partial charge is 0.496 e. The molecule has 0 amide bonds. The van der Waals surface area contributed by atoms with E-state index in [1.165, 1.54) is 30.6 Å². The lowest BCUT2D eigenvalue weighted by Gasteiger charge is -2.27. The number of thioether (sulfide) groups is 1. The summed E-state index contributed by atoms with van der Waals surface area (Å²) in [6.07, 6.45) is 4.89. The van der Waals surface area contributed by atoms with Crippen molar-refractivity contribution in [3.05, 3.63) is 28.2 Å². The highest BCUT2D eigenvalue weighted by atomic mass is 79.9. The number of halogens is 1. The molecule has 2 unspecified atom stereocenters. The van der Waals surface area contributed by atoms with Crippen LogP contribution in [0.25, 0.3) is 0 Å². The van der Waals surface area contributed by atoms with Crippen LogP contribution < -0.4 is 10.5 Å². The average molecular weight is 330 g/mol. The zero-order chi connectivity index (χ0) is 13.0. The van der Waals surface area contributed by atoms with Crippen molar-refractivity contribution in [2.24, 2.45) is 5.73 Å². The Hall–Kier alpha value is -0.190. The highest BCUT2D eigenvalue weighted by Crippen LogP contribution is 2.30. The van der Waals surface area contributed by atoms with Crippen LogP contribution in [0.1, 0.15) is 24.8 Å². The number of rotatable bonds is 4. The predicted octanol–water partition coefficient (Wildman–Crippen LogP) is 3.61. The first kappa shape index (κ1) is 14.2. The van der Waals surface area contributed by atoms with Gasteiger partial charge >= 0.3 is 0 Å². The van der Waals surface area contributed by atoms with E-state index in [0.29, 0.717) is 5.25 Å². The van der Waals surface area contributed by atoms with E-state index in [2.05, 4.69) is 28.1 Å². The highest BCUT2D eigenvalue weighted by molar-refractivity contribution is 9.10. The van der Waals surface area contributed by atoms with Crippen LogP contribution in [0, 0.1) is 0 Å². The molecule has 0 saturated carbocycles. The molecule has 0 bridgehead atoms. The minimum absolute atomic E-state index is 0.260. The van der Waals surface area contributed by atoms with E-state index < -0.39 is 0 Å². The molecule has 1 aliphatic rings. The molecule has 1 fully saturated rings. The van der Waals surface area contributed by atoms with E-state index in [0.717, 1.165) is 16.6 Å². The van der Waals surface area contributed by atoms with Gasteiger partial charge in [0, 0.05) is 11.3 Å². The van der Waals surface area contributed by atoms with Gasteiger partial charge in [-0.2, -0.15) is 11.8 Å². The summed E-state index contributed by atoms with van der Waals surface area (Å²) in [6, 6.07) is 6.49. The Bertz CT molecular complexity index is 393. The smallest absolute Gasteiger partial charge is 0.133 e. The average Bonchev–Trinajstić information content (AvgIpc) is 2.40. The maximum absolute atomic E-state index is 6.33. The van der Waals surface area contributed by atoms with Crippen LogP contribution in [0.3, 0.4) is 0 Å². The van der Waals surface area contributed by atoms with Crippen LogP contribution in [0.15, 0.2) is 22.7 Å². The van der Waals surface area contributed by atoms with Gasteiger partial charge in [-0.3, -0.25) is 0 Å². The van der Waals surface area contributed by atoms with Crippen molar-refractivity contribution >= 4 is 27.7 Å². The third-order valence-corrected chi connectivity index (χ3v) is 5.54. The first-order valence-corrected chi connectivity index (χ1v) is 8.24. The number of ether oxygens (including phenoxy) is 1. The van der Waals surface area contributed by atoms with E-state index in [-0.39, 0.29) is 6.04 Å². The van der Waals surface area contributed by atoms with Gasteiger partial charge in [0.1, 0.15) is 5.75 Å². The Kier molecular flexibility index (Phi) is 5.39. The SMILES string of the molecule is COc1ccc(CC(N)C2CCCCS2)cc1Br. The van der Waals surface area contributed by atoms with Gasteiger partial charge in [-0.15, -0.1) is 0 Å². The quantitative estimate of drug-likeness (QED) is 0.916. The minimum Gasteiger partial charge on any atom is -0.496 e. The molecule has 0 radical (unpaired) electrons. The van der Waals surface area contributed by atoms with Crippen molar-refractivity contribution in [2.45, 2.75) is 37.0 Å². The van der Waals surface area contributed by atoms with Crippen LogP contribution in [0.2, 0.25) is 0 Å². The number of methoxy groups -OCH3 is 1. The zero-order valence-corrected chi connectivity index (χ0v) is 13.1. The molecule has 1 aromatic carbocycles. The fourth-order valence-electron chi connectivity index (χ4n) is 2.34. The summed E-state index contributed by atoms with van der Waals surface area (Å²) in [5.41, 5.74) is 7.61. The third-order valence-electron chi connectivity index (χ3n) is 3.38. The van der Waals surface area contributed by atoms with Gasteiger partial charge in [0.15, 0.2) is 0 Å². The summed E-state index contributed by atoms with van der Waals surface area (Å²) in [6.45, 7) is 0. The van der Waals surface area contributed by atoms with E-state index in [1.54, 1.807) is 7.11 Å². The Morgan fingerprint density at radius 2 is 2.33 bits per heavy atom. The van der Waals surface area contributed by atoms with Crippen molar-refractivity contribution < 1.29 is 4.74 Å². The Labute approximate surface area is 122 Å². The first-order valence-electron chi connectivity index (χ1n) is 6.40. The van der Waals surface area contributed by atoms with Crippen molar-refractivity contribution in [2.75, 3.05) is 12.9 Å². The van der Waals surface area contributed by atoms with Gasteiger partial charge in [-0.05, 0) is 58.6 Å². The number of hydrogen-bond donors (Lipinski definition) is 1. The second-order valence-corrected chi connectivity index (χ2v) is 6.94. The molecule has 4 heteroatoms. The first-order chi connectivity index (χ1) is 8.70. The fraction of sp³-hybridized carbons (Fsp3) is 0.571. The monoisotopic (exact) mass is 329 g/mol. The lowest BCUT2D eigenvalue weighted by atomic mass is 10.0. The molecule has 0 aliphatic carbocycles. The van der Waals surface area contributed by atoms with E-state index in [9.17, 15) is 0 Å². The number of hydrogen-bond acceptors (Lipinski definition) is 3. The molecule has 100 valence electrons. The summed E-state index contributed by atoms with van der Waals surface area (Å²) in [5, 5.41) is 0.625. The molecule has 1 heterocycles. The zero-order valence-electron chi connectivity index (χ0n) is 10.7. The molecule has 0 aromatic heterocycles. The summed E-state index contributed by atoms with van der Waals surface area (Å²) >= 11 is 5.56. The van der Waals surface area contributed by atoms with Crippen molar-refractivity contribution in [1.82, 2.24) is 0 Å². The second-order valence-electron chi connectivity index (χ2n) is 4.74. The fourth-order valence-corrected chi connectivity index (χ4v) is 4.28. The van der Waals surface area contributed by atoms with Crippen molar-refractivity contribution in [3.63, 3.8) is 0 Å². The van der Waals surface area contributed by atoms with Gasteiger partial charge in [0.25, 0.3) is 0 Å². The molecule has 0 spiro atoms. The molecule has 2 rings (SSSR count). The Morgan fingerprint density at radius 1 is 1.50 bits per heavy atom. The maximum Gasteiger partial charge on any atom is 0.133 e. The van der Waals surface area contributed by atoms with Gasteiger partial charge in [-0.25, -0.2) is 0 Å². The van der Waals surface area contributed by atoms with E-state index in [4.69, 9.17) is 10.5 Å².